The molecule has 5 heteroatoms. The third-order valence-electron chi connectivity index (χ3n) is 2.04. The van der Waals surface area contributed by atoms with Crippen molar-refractivity contribution in [3.63, 3.8) is 0 Å². The number of benzene rings is 1. The summed E-state index contributed by atoms with van der Waals surface area (Å²) in [5, 5.41) is 8.86. The van der Waals surface area contributed by atoms with Crippen molar-refractivity contribution in [2.24, 2.45) is 5.73 Å². The van der Waals surface area contributed by atoms with E-state index in [2.05, 4.69) is 0 Å². The van der Waals surface area contributed by atoms with Gasteiger partial charge in [0.05, 0.1) is 7.11 Å². The molecule has 0 radical (unpaired) electrons. The molecule has 0 aliphatic rings. The highest BCUT2D eigenvalue weighted by molar-refractivity contribution is 5.72. The summed E-state index contributed by atoms with van der Waals surface area (Å²) in [6.07, 6.45) is -0.625. The molecule has 1 rings (SSSR count). The maximum absolute atomic E-state index is 10.8. The van der Waals surface area contributed by atoms with Crippen LogP contribution in [0.1, 0.15) is 6.42 Å². The molecule has 1 unspecified atom stereocenters. The van der Waals surface area contributed by atoms with Crippen LogP contribution in [0, 0.1) is 0 Å². The highest BCUT2D eigenvalue weighted by atomic mass is 16.5. The van der Waals surface area contributed by atoms with Gasteiger partial charge in [-0.25, -0.2) is 4.79 Å². The van der Waals surface area contributed by atoms with E-state index in [1.54, 1.807) is 31.4 Å². The summed E-state index contributed by atoms with van der Waals surface area (Å²) in [6, 6.07) is 6.73. The molecule has 5 nitrogen and oxygen atoms in total. The summed E-state index contributed by atoms with van der Waals surface area (Å²) in [4.78, 5) is 10.8. The number of aliphatic carboxylic acids is 1. The lowest BCUT2D eigenvalue weighted by atomic mass is 10.2. The molecule has 0 amide bonds. The van der Waals surface area contributed by atoms with Crippen LogP contribution in [0.25, 0.3) is 0 Å². The molecule has 0 bridgehead atoms. The van der Waals surface area contributed by atoms with Gasteiger partial charge in [0.25, 0.3) is 0 Å². The van der Waals surface area contributed by atoms with Crippen molar-refractivity contribution in [1.82, 2.24) is 0 Å². The Hall–Kier alpha value is -1.75. The van der Waals surface area contributed by atoms with E-state index in [0.29, 0.717) is 11.5 Å². The highest BCUT2D eigenvalue weighted by Crippen LogP contribution is 2.18. The SMILES string of the molecule is COc1ccc(OC(CCN)C(=O)O)cc1. The Morgan fingerprint density at radius 2 is 1.94 bits per heavy atom. The molecule has 1 atom stereocenters. The van der Waals surface area contributed by atoms with Gasteiger partial charge >= 0.3 is 5.97 Å². The minimum Gasteiger partial charge on any atom is -0.497 e. The first kappa shape index (κ1) is 12.3. The highest BCUT2D eigenvalue weighted by Gasteiger charge is 2.18. The van der Waals surface area contributed by atoms with E-state index in [1.807, 2.05) is 0 Å². The normalized spacial score (nSPS) is 11.9. The minimum atomic E-state index is -1.01. The molecule has 0 aromatic heterocycles. The van der Waals surface area contributed by atoms with Gasteiger partial charge in [-0.2, -0.15) is 0 Å². The monoisotopic (exact) mass is 225 g/mol. The van der Waals surface area contributed by atoms with Crippen molar-refractivity contribution in [3.8, 4) is 11.5 Å². The minimum absolute atomic E-state index is 0.271. The largest absolute Gasteiger partial charge is 0.497 e. The van der Waals surface area contributed by atoms with Crippen LogP contribution in [0.4, 0.5) is 0 Å². The van der Waals surface area contributed by atoms with Crippen LogP contribution in [0.15, 0.2) is 24.3 Å². The van der Waals surface area contributed by atoms with Gasteiger partial charge in [-0.3, -0.25) is 0 Å². The number of ether oxygens (including phenoxy) is 2. The second-order valence-electron chi connectivity index (χ2n) is 3.20. The lowest BCUT2D eigenvalue weighted by Gasteiger charge is -2.14. The van der Waals surface area contributed by atoms with Crippen LogP contribution in [0.5, 0.6) is 11.5 Å². The molecule has 88 valence electrons. The van der Waals surface area contributed by atoms with E-state index in [9.17, 15) is 4.79 Å². The Kier molecular flexibility index (Phi) is 4.60. The van der Waals surface area contributed by atoms with Crippen molar-refractivity contribution < 1.29 is 19.4 Å². The van der Waals surface area contributed by atoms with Crippen molar-refractivity contribution in [2.75, 3.05) is 13.7 Å². The van der Waals surface area contributed by atoms with Gasteiger partial charge in [0.15, 0.2) is 6.10 Å². The number of rotatable bonds is 6. The van der Waals surface area contributed by atoms with E-state index in [4.69, 9.17) is 20.3 Å². The molecule has 0 aliphatic heterocycles. The summed E-state index contributed by atoms with van der Waals surface area (Å²) in [7, 11) is 1.56. The maximum atomic E-state index is 10.8. The van der Waals surface area contributed by atoms with E-state index >= 15 is 0 Å². The molecular formula is C11H15NO4. The van der Waals surface area contributed by atoms with E-state index in [0.717, 1.165) is 0 Å². The van der Waals surface area contributed by atoms with Crippen LogP contribution in [-0.4, -0.2) is 30.8 Å². The van der Waals surface area contributed by atoms with Crippen molar-refractivity contribution >= 4 is 5.97 Å². The molecule has 1 aromatic rings. The number of methoxy groups -OCH3 is 1. The van der Waals surface area contributed by atoms with E-state index in [-0.39, 0.29) is 13.0 Å². The Morgan fingerprint density at radius 1 is 1.38 bits per heavy atom. The van der Waals surface area contributed by atoms with Crippen LogP contribution in [0.2, 0.25) is 0 Å². The summed E-state index contributed by atoms with van der Waals surface area (Å²) >= 11 is 0. The smallest absolute Gasteiger partial charge is 0.344 e. The third kappa shape index (κ3) is 3.43. The van der Waals surface area contributed by atoms with Gasteiger partial charge in [0.2, 0.25) is 0 Å². The Labute approximate surface area is 93.8 Å². The van der Waals surface area contributed by atoms with Gasteiger partial charge in [-0.1, -0.05) is 0 Å². The second kappa shape index (κ2) is 5.97. The number of nitrogens with two attached hydrogens (primary N) is 1. The van der Waals surface area contributed by atoms with Crippen molar-refractivity contribution in [1.29, 1.82) is 0 Å². The molecular weight excluding hydrogens is 210 g/mol. The van der Waals surface area contributed by atoms with Gasteiger partial charge in [-0.05, 0) is 30.8 Å². The second-order valence-corrected chi connectivity index (χ2v) is 3.20. The van der Waals surface area contributed by atoms with Crippen LogP contribution in [-0.2, 0) is 4.79 Å². The number of carboxylic acid groups (broad SMARTS) is 1. The van der Waals surface area contributed by atoms with Crippen molar-refractivity contribution in [2.45, 2.75) is 12.5 Å². The summed E-state index contributed by atoms with van der Waals surface area (Å²) in [5.41, 5.74) is 5.30. The fourth-order valence-electron chi connectivity index (χ4n) is 1.20. The van der Waals surface area contributed by atoms with Crippen LogP contribution >= 0.6 is 0 Å². The molecule has 0 saturated heterocycles. The zero-order chi connectivity index (χ0) is 12.0. The molecule has 16 heavy (non-hydrogen) atoms. The standard InChI is InChI=1S/C11H15NO4/c1-15-8-2-4-9(5-3-8)16-10(6-7-12)11(13)14/h2-5,10H,6-7,12H2,1H3,(H,13,14). The summed E-state index contributed by atoms with van der Waals surface area (Å²) in [6.45, 7) is 0.271. The predicted octanol–water partition coefficient (Wildman–Crippen LogP) is 0.876. The molecule has 3 N–H and O–H groups in total. The lowest BCUT2D eigenvalue weighted by molar-refractivity contribution is -0.145. The summed E-state index contributed by atoms with van der Waals surface area (Å²) < 4.78 is 10.3. The molecule has 0 saturated carbocycles. The van der Waals surface area contributed by atoms with Gasteiger partial charge < -0.3 is 20.3 Å². The van der Waals surface area contributed by atoms with E-state index < -0.39 is 12.1 Å². The number of hydrogen-bond donors (Lipinski definition) is 2. The molecule has 0 aliphatic carbocycles. The topological polar surface area (TPSA) is 81.8 Å². The third-order valence-corrected chi connectivity index (χ3v) is 2.04. The average molecular weight is 225 g/mol. The lowest BCUT2D eigenvalue weighted by Crippen LogP contribution is -2.29. The first-order valence-corrected chi connectivity index (χ1v) is 4.91. The first-order chi connectivity index (χ1) is 7.67. The fraction of sp³-hybridized carbons (Fsp3) is 0.364. The molecule has 1 aromatic carbocycles. The van der Waals surface area contributed by atoms with Gasteiger partial charge in [0.1, 0.15) is 11.5 Å². The number of carboxylic acids is 1. The van der Waals surface area contributed by atoms with Crippen LogP contribution in [0.3, 0.4) is 0 Å². The maximum Gasteiger partial charge on any atom is 0.344 e. The molecule has 0 heterocycles. The molecule has 0 spiro atoms. The summed E-state index contributed by atoms with van der Waals surface area (Å²) in [5.74, 6) is 0.168. The Bertz CT molecular complexity index is 336. The van der Waals surface area contributed by atoms with Crippen LogP contribution < -0.4 is 15.2 Å². The predicted molar refractivity (Wildman–Crippen MR) is 58.7 cm³/mol. The Balaban J connectivity index is 2.65. The first-order valence-electron chi connectivity index (χ1n) is 4.91. The number of carbonyl (C=O) groups is 1. The zero-order valence-electron chi connectivity index (χ0n) is 9.05. The fourth-order valence-corrected chi connectivity index (χ4v) is 1.20. The zero-order valence-corrected chi connectivity index (χ0v) is 9.05. The Morgan fingerprint density at radius 3 is 2.38 bits per heavy atom. The quantitative estimate of drug-likeness (QED) is 0.750. The molecule has 0 fully saturated rings. The van der Waals surface area contributed by atoms with E-state index in [1.165, 1.54) is 0 Å². The van der Waals surface area contributed by atoms with Gasteiger partial charge in [0, 0.05) is 6.42 Å². The number of hydrogen-bond acceptors (Lipinski definition) is 4. The average Bonchev–Trinajstić information content (AvgIpc) is 2.29. The van der Waals surface area contributed by atoms with Gasteiger partial charge in [-0.15, -0.1) is 0 Å². The van der Waals surface area contributed by atoms with Crippen molar-refractivity contribution in [3.05, 3.63) is 24.3 Å².